The molecule has 14 heavy (non-hydrogen) atoms. The Morgan fingerprint density at radius 1 is 1.07 bits per heavy atom. The molecule has 0 aromatic carbocycles. The van der Waals surface area contributed by atoms with Crippen LogP contribution in [0.2, 0.25) is 0 Å². The van der Waals surface area contributed by atoms with Crippen molar-refractivity contribution in [2.45, 2.75) is 56.7 Å². The maximum absolute atomic E-state index is 5.99. The molecule has 3 atom stereocenters. The molecule has 0 spiro atoms. The zero-order valence-electron chi connectivity index (χ0n) is 8.87. The molecule has 0 amide bonds. The van der Waals surface area contributed by atoms with Crippen molar-refractivity contribution in [1.82, 2.24) is 5.32 Å². The second-order valence-corrected chi connectivity index (χ2v) is 5.85. The van der Waals surface area contributed by atoms with Crippen LogP contribution in [0.25, 0.3) is 0 Å². The van der Waals surface area contributed by atoms with Gasteiger partial charge in [-0.1, -0.05) is 6.42 Å². The molecule has 3 unspecified atom stereocenters. The summed E-state index contributed by atoms with van der Waals surface area (Å²) in [6, 6.07) is 1.93. The zero-order valence-corrected chi connectivity index (χ0v) is 9.69. The lowest BCUT2D eigenvalue weighted by Crippen LogP contribution is -2.45. The summed E-state index contributed by atoms with van der Waals surface area (Å²) in [6.45, 7) is 0. The van der Waals surface area contributed by atoms with Gasteiger partial charge in [-0.3, -0.25) is 0 Å². The van der Waals surface area contributed by atoms with Crippen LogP contribution in [0.15, 0.2) is 0 Å². The Kier molecular flexibility index (Phi) is 4.14. The van der Waals surface area contributed by atoms with Crippen molar-refractivity contribution in [3.05, 3.63) is 0 Å². The van der Waals surface area contributed by atoms with E-state index in [0.717, 1.165) is 6.04 Å². The minimum Gasteiger partial charge on any atom is -0.328 e. The molecule has 0 aromatic heterocycles. The standard InChI is InChI=1S/C11H22N2S/c12-9-3-1-4-10(7-9)13-11-5-2-6-14-8-11/h9-11,13H,1-8,12H2. The third kappa shape index (κ3) is 3.14. The number of rotatable bonds is 2. The first-order chi connectivity index (χ1) is 6.84. The van der Waals surface area contributed by atoms with Crippen LogP contribution in [0.5, 0.6) is 0 Å². The van der Waals surface area contributed by atoms with Gasteiger partial charge in [0.05, 0.1) is 0 Å². The highest BCUT2D eigenvalue weighted by Gasteiger charge is 2.22. The third-order valence-corrected chi connectivity index (χ3v) is 4.56. The molecule has 0 aromatic rings. The summed E-state index contributed by atoms with van der Waals surface area (Å²) < 4.78 is 0. The van der Waals surface area contributed by atoms with Gasteiger partial charge in [-0.25, -0.2) is 0 Å². The molecule has 3 N–H and O–H groups in total. The highest BCUT2D eigenvalue weighted by molar-refractivity contribution is 7.99. The van der Waals surface area contributed by atoms with Gasteiger partial charge in [0.1, 0.15) is 0 Å². The van der Waals surface area contributed by atoms with Crippen LogP contribution in [-0.2, 0) is 0 Å². The van der Waals surface area contributed by atoms with Crippen molar-refractivity contribution in [2.24, 2.45) is 5.73 Å². The maximum Gasteiger partial charge on any atom is 0.0161 e. The minimum absolute atomic E-state index is 0.456. The average molecular weight is 214 g/mol. The molecule has 2 rings (SSSR count). The first-order valence-corrected chi connectivity index (χ1v) is 7.09. The summed E-state index contributed by atoms with van der Waals surface area (Å²) in [4.78, 5) is 0. The Morgan fingerprint density at radius 2 is 1.93 bits per heavy atom. The number of nitrogens with one attached hydrogen (secondary N) is 1. The molecule has 2 aliphatic rings. The monoisotopic (exact) mass is 214 g/mol. The van der Waals surface area contributed by atoms with Crippen molar-refractivity contribution >= 4 is 11.8 Å². The van der Waals surface area contributed by atoms with Gasteiger partial charge in [0.25, 0.3) is 0 Å². The fraction of sp³-hybridized carbons (Fsp3) is 1.00. The van der Waals surface area contributed by atoms with Gasteiger partial charge >= 0.3 is 0 Å². The van der Waals surface area contributed by atoms with E-state index in [2.05, 4.69) is 17.1 Å². The summed E-state index contributed by atoms with van der Waals surface area (Å²) in [5.41, 5.74) is 5.99. The molecule has 1 aliphatic carbocycles. The van der Waals surface area contributed by atoms with E-state index in [1.165, 1.54) is 50.0 Å². The van der Waals surface area contributed by atoms with E-state index in [1.54, 1.807) is 0 Å². The lowest BCUT2D eigenvalue weighted by atomic mass is 9.91. The van der Waals surface area contributed by atoms with Crippen LogP contribution >= 0.6 is 11.8 Å². The van der Waals surface area contributed by atoms with E-state index in [9.17, 15) is 0 Å². The molecule has 1 heterocycles. The molecule has 1 saturated heterocycles. The third-order valence-electron chi connectivity index (χ3n) is 3.35. The second kappa shape index (κ2) is 5.38. The first kappa shape index (κ1) is 10.8. The highest BCUT2D eigenvalue weighted by Crippen LogP contribution is 2.21. The van der Waals surface area contributed by atoms with Crippen LogP contribution < -0.4 is 11.1 Å². The van der Waals surface area contributed by atoms with E-state index in [1.807, 2.05) is 0 Å². The number of hydrogen-bond acceptors (Lipinski definition) is 3. The van der Waals surface area contributed by atoms with Crippen molar-refractivity contribution in [3.8, 4) is 0 Å². The summed E-state index contributed by atoms with van der Waals surface area (Å²) in [7, 11) is 0. The SMILES string of the molecule is NC1CCCC(NC2CCCSC2)C1. The first-order valence-electron chi connectivity index (χ1n) is 5.94. The summed E-state index contributed by atoms with van der Waals surface area (Å²) >= 11 is 2.10. The van der Waals surface area contributed by atoms with Crippen LogP contribution in [0, 0.1) is 0 Å². The average Bonchev–Trinajstić information content (AvgIpc) is 2.19. The minimum atomic E-state index is 0.456. The molecular weight excluding hydrogens is 192 g/mol. The van der Waals surface area contributed by atoms with Gasteiger partial charge in [0, 0.05) is 23.9 Å². The molecule has 3 heteroatoms. The van der Waals surface area contributed by atoms with Crippen molar-refractivity contribution in [2.75, 3.05) is 11.5 Å². The summed E-state index contributed by atoms with van der Waals surface area (Å²) in [5, 5.41) is 3.79. The van der Waals surface area contributed by atoms with Gasteiger partial charge in [-0.2, -0.15) is 11.8 Å². The van der Waals surface area contributed by atoms with Crippen LogP contribution in [0.3, 0.4) is 0 Å². The van der Waals surface area contributed by atoms with E-state index in [-0.39, 0.29) is 0 Å². The Bertz CT molecular complexity index is 169. The number of hydrogen-bond donors (Lipinski definition) is 2. The van der Waals surface area contributed by atoms with Crippen molar-refractivity contribution in [3.63, 3.8) is 0 Å². The molecule has 1 saturated carbocycles. The predicted octanol–water partition coefficient (Wildman–Crippen LogP) is 1.74. The van der Waals surface area contributed by atoms with E-state index < -0.39 is 0 Å². The van der Waals surface area contributed by atoms with Crippen molar-refractivity contribution in [1.29, 1.82) is 0 Å². The fourth-order valence-corrected chi connectivity index (χ4v) is 3.67. The van der Waals surface area contributed by atoms with Gasteiger partial charge < -0.3 is 11.1 Å². The van der Waals surface area contributed by atoms with E-state index in [4.69, 9.17) is 5.73 Å². The predicted molar refractivity (Wildman–Crippen MR) is 63.7 cm³/mol. The summed E-state index contributed by atoms with van der Waals surface area (Å²) in [6.07, 6.45) is 7.85. The van der Waals surface area contributed by atoms with Crippen molar-refractivity contribution < 1.29 is 0 Å². The number of thioether (sulfide) groups is 1. The lowest BCUT2D eigenvalue weighted by Gasteiger charge is -2.32. The highest BCUT2D eigenvalue weighted by atomic mass is 32.2. The maximum atomic E-state index is 5.99. The Hall–Kier alpha value is 0.270. The largest absolute Gasteiger partial charge is 0.328 e. The zero-order chi connectivity index (χ0) is 9.80. The summed E-state index contributed by atoms with van der Waals surface area (Å²) in [5.74, 6) is 2.67. The van der Waals surface area contributed by atoms with Gasteiger partial charge in [0.2, 0.25) is 0 Å². The topological polar surface area (TPSA) is 38.0 Å². The van der Waals surface area contributed by atoms with Gasteiger partial charge in [0.15, 0.2) is 0 Å². The van der Waals surface area contributed by atoms with Gasteiger partial charge in [-0.15, -0.1) is 0 Å². The lowest BCUT2D eigenvalue weighted by molar-refractivity contribution is 0.311. The second-order valence-electron chi connectivity index (χ2n) is 4.70. The Labute approximate surface area is 91.4 Å². The molecule has 0 bridgehead atoms. The molecule has 2 nitrogen and oxygen atoms in total. The molecule has 82 valence electrons. The fourth-order valence-electron chi connectivity index (χ4n) is 2.58. The smallest absolute Gasteiger partial charge is 0.0161 e. The van der Waals surface area contributed by atoms with Crippen LogP contribution in [-0.4, -0.2) is 29.6 Å². The van der Waals surface area contributed by atoms with E-state index in [0.29, 0.717) is 12.1 Å². The van der Waals surface area contributed by atoms with E-state index >= 15 is 0 Å². The molecule has 0 radical (unpaired) electrons. The quantitative estimate of drug-likeness (QED) is 0.735. The van der Waals surface area contributed by atoms with Crippen LogP contribution in [0.1, 0.15) is 38.5 Å². The molecule has 1 aliphatic heterocycles. The normalized spacial score (nSPS) is 39.6. The molecular formula is C11H22N2S. The van der Waals surface area contributed by atoms with Gasteiger partial charge in [-0.05, 0) is 37.9 Å². The number of nitrogens with two attached hydrogens (primary N) is 1. The Morgan fingerprint density at radius 3 is 2.64 bits per heavy atom. The Balaban J connectivity index is 1.72. The van der Waals surface area contributed by atoms with Crippen LogP contribution in [0.4, 0.5) is 0 Å². The molecule has 2 fully saturated rings.